The van der Waals surface area contributed by atoms with Crippen molar-refractivity contribution >= 4 is 45.1 Å². The predicted octanol–water partition coefficient (Wildman–Crippen LogP) is 3.68. The second-order valence-electron chi connectivity index (χ2n) is 3.56. The molecular formula is C12H7ClIN3. The summed E-state index contributed by atoms with van der Waals surface area (Å²) in [5.74, 6) is 0.812. The number of fused-ring (bicyclic) bond motifs is 1. The summed E-state index contributed by atoms with van der Waals surface area (Å²) in [4.78, 5) is 8.24. The molecule has 17 heavy (non-hydrogen) atoms. The van der Waals surface area contributed by atoms with Gasteiger partial charge in [-0.25, -0.2) is 4.98 Å². The smallest absolute Gasteiger partial charge is 0.224 e. The van der Waals surface area contributed by atoms with E-state index in [0.29, 0.717) is 0 Å². The Morgan fingerprint density at radius 2 is 2.00 bits per heavy atom. The van der Waals surface area contributed by atoms with Crippen LogP contribution < -0.4 is 0 Å². The van der Waals surface area contributed by atoms with E-state index >= 15 is 0 Å². The summed E-state index contributed by atoms with van der Waals surface area (Å²) in [5, 5.41) is 1.44. The second-order valence-corrected chi connectivity index (χ2v) is 5.06. The van der Waals surface area contributed by atoms with Crippen molar-refractivity contribution < 1.29 is 0 Å². The number of hydrogen-bond donors (Lipinski definition) is 0. The van der Waals surface area contributed by atoms with Gasteiger partial charge in [-0.1, -0.05) is 18.2 Å². The van der Waals surface area contributed by atoms with Crippen LogP contribution in [-0.2, 0) is 0 Å². The van der Waals surface area contributed by atoms with Gasteiger partial charge >= 0.3 is 0 Å². The van der Waals surface area contributed by atoms with Crippen LogP contribution in [0.25, 0.3) is 16.7 Å². The normalized spacial score (nSPS) is 10.9. The van der Waals surface area contributed by atoms with Crippen molar-refractivity contribution in [2.24, 2.45) is 0 Å². The molecule has 0 spiro atoms. The Morgan fingerprint density at radius 3 is 2.88 bits per heavy atom. The van der Waals surface area contributed by atoms with Crippen LogP contribution in [0.4, 0.5) is 0 Å². The Kier molecular flexibility index (Phi) is 2.76. The Labute approximate surface area is 117 Å². The lowest BCUT2D eigenvalue weighted by atomic mass is 10.2. The second kappa shape index (κ2) is 4.27. The molecule has 3 aromatic rings. The number of hydrogen-bond acceptors (Lipinski definition) is 2. The zero-order valence-electron chi connectivity index (χ0n) is 8.64. The third-order valence-corrected chi connectivity index (χ3v) is 3.47. The van der Waals surface area contributed by atoms with Gasteiger partial charge in [0.15, 0.2) is 5.82 Å². The molecule has 0 radical (unpaired) electrons. The van der Waals surface area contributed by atoms with Crippen molar-refractivity contribution in [2.75, 3.05) is 0 Å². The summed E-state index contributed by atoms with van der Waals surface area (Å²) in [6.07, 6.45) is 3.71. The van der Waals surface area contributed by atoms with Gasteiger partial charge in [0.25, 0.3) is 0 Å². The molecule has 0 N–H and O–H groups in total. The number of nitrogens with zero attached hydrogens (tertiary/aromatic N) is 3. The fraction of sp³-hybridized carbons (Fsp3) is 0. The fourth-order valence-electron chi connectivity index (χ4n) is 1.77. The van der Waals surface area contributed by atoms with Crippen LogP contribution in [0.1, 0.15) is 0 Å². The SMILES string of the molecule is Clc1ncc(I)c(-n2ccc3ccccc32)n1. The number of rotatable bonds is 1. The van der Waals surface area contributed by atoms with E-state index in [1.807, 2.05) is 22.9 Å². The van der Waals surface area contributed by atoms with Crippen LogP contribution in [0.15, 0.2) is 42.7 Å². The minimum Gasteiger partial charge on any atom is -0.300 e. The van der Waals surface area contributed by atoms with Gasteiger partial charge in [-0.2, -0.15) is 4.98 Å². The van der Waals surface area contributed by atoms with Crippen LogP contribution >= 0.6 is 34.2 Å². The lowest BCUT2D eigenvalue weighted by Gasteiger charge is -2.06. The summed E-state index contributed by atoms with van der Waals surface area (Å²) >= 11 is 8.05. The number of para-hydroxylation sites is 1. The third-order valence-electron chi connectivity index (χ3n) is 2.52. The average molecular weight is 356 g/mol. The van der Waals surface area contributed by atoms with E-state index in [4.69, 9.17) is 11.6 Å². The molecule has 0 atom stereocenters. The van der Waals surface area contributed by atoms with Gasteiger partial charge < -0.3 is 4.57 Å². The van der Waals surface area contributed by atoms with E-state index in [0.717, 1.165) is 14.9 Å². The average Bonchev–Trinajstić information content (AvgIpc) is 2.76. The maximum absolute atomic E-state index is 5.85. The molecule has 2 heterocycles. The van der Waals surface area contributed by atoms with Gasteiger partial charge in [-0.3, -0.25) is 0 Å². The Balaban J connectivity index is 2.31. The third kappa shape index (κ3) is 1.91. The van der Waals surface area contributed by atoms with E-state index in [9.17, 15) is 0 Å². The van der Waals surface area contributed by atoms with Crippen molar-refractivity contribution in [2.45, 2.75) is 0 Å². The topological polar surface area (TPSA) is 30.7 Å². The molecule has 3 rings (SSSR count). The van der Waals surface area contributed by atoms with E-state index < -0.39 is 0 Å². The molecule has 0 aliphatic heterocycles. The van der Waals surface area contributed by atoms with Crippen molar-refractivity contribution in [3.8, 4) is 5.82 Å². The first-order valence-electron chi connectivity index (χ1n) is 5.00. The number of aromatic nitrogens is 3. The summed E-state index contributed by atoms with van der Waals surface area (Å²) in [7, 11) is 0. The van der Waals surface area contributed by atoms with Crippen LogP contribution in [-0.4, -0.2) is 14.5 Å². The highest BCUT2D eigenvalue weighted by molar-refractivity contribution is 14.1. The lowest BCUT2D eigenvalue weighted by Crippen LogP contribution is -2.00. The molecule has 0 unspecified atom stereocenters. The summed E-state index contributed by atoms with van der Waals surface area (Å²) in [6.45, 7) is 0. The van der Waals surface area contributed by atoms with Crippen LogP contribution in [0.2, 0.25) is 5.28 Å². The van der Waals surface area contributed by atoms with E-state index in [2.05, 4.69) is 50.8 Å². The van der Waals surface area contributed by atoms with Crippen molar-refractivity contribution in [1.29, 1.82) is 0 Å². The van der Waals surface area contributed by atoms with Crippen LogP contribution in [0.3, 0.4) is 0 Å². The zero-order chi connectivity index (χ0) is 11.8. The lowest BCUT2D eigenvalue weighted by molar-refractivity contribution is 0.997. The molecule has 0 bridgehead atoms. The van der Waals surface area contributed by atoms with Crippen molar-refractivity contribution in [3.05, 3.63) is 51.6 Å². The summed E-state index contributed by atoms with van der Waals surface area (Å²) < 4.78 is 2.98. The number of halogens is 2. The van der Waals surface area contributed by atoms with Gasteiger partial charge in [0.1, 0.15) is 0 Å². The van der Waals surface area contributed by atoms with E-state index in [-0.39, 0.29) is 5.28 Å². The molecule has 1 aromatic carbocycles. The molecule has 5 heteroatoms. The molecule has 0 aliphatic rings. The van der Waals surface area contributed by atoms with E-state index in [1.54, 1.807) is 6.20 Å². The maximum atomic E-state index is 5.85. The largest absolute Gasteiger partial charge is 0.300 e. The molecule has 2 aromatic heterocycles. The standard InChI is InChI=1S/C12H7ClIN3/c13-12-15-7-9(14)11(16-12)17-6-5-8-3-1-2-4-10(8)17/h1-7H. The van der Waals surface area contributed by atoms with Crippen LogP contribution in [0, 0.1) is 3.57 Å². The molecule has 0 saturated heterocycles. The Hall–Kier alpha value is -1.14. The molecule has 3 nitrogen and oxygen atoms in total. The Bertz CT molecular complexity index is 693. The van der Waals surface area contributed by atoms with Gasteiger partial charge in [0.2, 0.25) is 5.28 Å². The minimum atomic E-state index is 0.262. The first-order valence-corrected chi connectivity index (χ1v) is 6.46. The number of benzene rings is 1. The van der Waals surface area contributed by atoms with Crippen molar-refractivity contribution in [1.82, 2.24) is 14.5 Å². The van der Waals surface area contributed by atoms with Crippen molar-refractivity contribution in [3.63, 3.8) is 0 Å². The zero-order valence-corrected chi connectivity index (χ0v) is 11.6. The molecule has 0 saturated carbocycles. The summed E-state index contributed by atoms with van der Waals surface area (Å²) in [6, 6.07) is 10.2. The maximum Gasteiger partial charge on any atom is 0.224 e. The first-order chi connectivity index (χ1) is 8.25. The predicted molar refractivity (Wildman–Crippen MR) is 76.6 cm³/mol. The first kappa shape index (κ1) is 11.0. The monoisotopic (exact) mass is 355 g/mol. The van der Waals surface area contributed by atoms with Gasteiger partial charge in [0.05, 0.1) is 9.09 Å². The summed E-state index contributed by atoms with van der Waals surface area (Å²) in [5.41, 5.74) is 1.11. The fourth-order valence-corrected chi connectivity index (χ4v) is 2.42. The molecule has 0 aliphatic carbocycles. The van der Waals surface area contributed by atoms with Gasteiger partial charge in [0, 0.05) is 12.4 Å². The van der Waals surface area contributed by atoms with Gasteiger partial charge in [-0.05, 0) is 51.7 Å². The molecule has 84 valence electrons. The highest BCUT2D eigenvalue weighted by Gasteiger charge is 2.08. The quantitative estimate of drug-likeness (QED) is 0.492. The minimum absolute atomic E-state index is 0.262. The Morgan fingerprint density at radius 1 is 1.18 bits per heavy atom. The molecular weight excluding hydrogens is 349 g/mol. The molecule has 0 amide bonds. The van der Waals surface area contributed by atoms with Crippen LogP contribution in [0.5, 0.6) is 0 Å². The molecule has 0 fully saturated rings. The highest BCUT2D eigenvalue weighted by atomic mass is 127. The van der Waals surface area contributed by atoms with E-state index in [1.165, 1.54) is 5.39 Å². The van der Waals surface area contributed by atoms with Gasteiger partial charge in [-0.15, -0.1) is 0 Å². The highest BCUT2D eigenvalue weighted by Crippen LogP contribution is 2.22.